The van der Waals surface area contributed by atoms with Gasteiger partial charge in [0.2, 0.25) is 5.91 Å². The number of benzene rings is 2. The number of rotatable bonds is 8. The van der Waals surface area contributed by atoms with Crippen molar-refractivity contribution in [1.82, 2.24) is 4.90 Å². The van der Waals surface area contributed by atoms with Gasteiger partial charge in [-0.1, -0.05) is 67.4 Å². The summed E-state index contributed by atoms with van der Waals surface area (Å²) in [6.45, 7) is 11.7. The Kier molecular flexibility index (Phi) is 7.99. The molecule has 2 aromatic rings. The molecule has 0 aliphatic carbocycles. The van der Waals surface area contributed by atoms with Gasteiger partial charge < -0.3 is 10.0 Å². The summed E-state index contributed by atoms with van der Waals surface area (Å²) in [5.41, 5.74) is 0.648. The van der Waals surface area contributed by atoms with Crippen molar-refractivity contribution in [2.24, 2.45) is 5.41 Å². The van der Waals surface area contributed by atoms with Gasteiger partial charge in [0.25, 0.3) is 0 Å². The second-order valence-corrected chi connectivity index (χ2v) is 11.1. The lowest BCUT2D eigenvalue weighted by atomic mass is 9.66. The minimum atomic E-state index is -0.899. The van der Waals surface area contributed by atoms with Crippen LogP contribution < -0.4 is 0 Å². The van der Waals surface area contributed by atoms with Crippen molar-refractivity contribution in [1.29, 1.82) is 0 Å². The van der Waals surface area contributed by atoms with Gasteiger partial charge in [-0.25, -0.2) is 0 Å². The minimum Gasteiger partial charge on any atom is -0.390 e. The van der Waals surface area contributed by atoms with Crippen LogP contribution in [0.5, 0.6) is 0 Å². The van der Waals surface area contributed by atoms with Crippen LogP contribution in [0, 0.1) is 5.41 Å². The largest absolute Gasteiger partial charge is 0.390 e. The van der Waals surface area contributed by atoms with E-state index in [1.807, 2.05) is 60.4 Å². The van der Waals surface area contributed by atoms with Crippen LogP contribution in [0.2, 0.25) is 10.0 Å². The van der Waals surface area contributed by atoms with Crippen molar-refractivity contribution >= 4 is 29.1 Å². The van der Waals surface area contributed by atoms with E-state index >= 15 is 0 Å². The van der Waals surface area contributed by atoms with Gasteiger partial charge >= 0.3 is 0 Å². The third-order valence-electron chi connectivity index (χ3n) is 6.79. The summed E-state index contributed by atoms with van der Waals surface area (Å²) in [7, 11) is 0. The van der Waals surface area contributed by atoms with Gasteiger partial charge in [-0.05, 0) is 74.9 Å². The molecule has 0 bridgehead atoms. The third kappa shape index (κ3) is 5.82. The van der Waals surface area contributed by atoms with Crippen molar-refractivity contribution in [2.75, 3.05) is 0 Å². The monoisotopic (exact) mass is 487 g/mol. The number of amides is 1. The normalized spacial score (nSPS) is 24.6. The second kappa shape index (κ2) is 10.2. The molecule has 0 aromatic heterocycles. The maximum Gasteiger partial charge on any atom is 0.229 e. The number of hydrogen-bond donors (Lipinski definition) is 1. The minimum absolute atomic E-state index is 0.0309. The van der Waals surface area contributed by atoms with E-state index in [0.29, 0.717) is 29.3 Å². The average molecular weight is 488 g/mol. The molecule has 1 saturated heterocycles. The quantitative estimate of drug-likeness (QED) is 0.389. The number of likely N-dealkylation sites (tertiary alicyclic amines) is 1. The van der Waals surface area contributed by atoms with Gasteiger partial charge in [-0.3, -0.25) is 4.79 Å². The summed E-state index contributed by atoms with van der Waals surface area (Å²) in [5, 5.41) is 12.0. The van der Waals surface area contributed by atoms with Gasteiger partial charge in [-0.2, -0.15) is 0 Å². The van der Waals surface area contributed by atoms with Gasteiger partial charge in [0.1, 0.15) is 0 Å². The molecule has 4 atom stereocenters. The number of piperidine rings is 1. The molecule has 0 saturated carbocycles. The summed E-state index contributed by atoms with van der Waals surface area (Å²) >= 11 is 12.6. The zero-order valence-electron chi connectivity index (χ0n) is 20.0. The Morgan fingerprint density at radius 3 is 2.39 bits per heavy atom. The Morgan fingerprint density at radius 1 is 1.18 bits per heavy atom. The Bertz CT molecular complexity index is 982. The van der Waals surface area contributed by atoms with Crippen molar-refractivity contribution in [3.8, 4) is 0 Å². The van der Waals surface area contributed by atoms with Crippen molar-refractivity contribution < 1.29 is 9.90 Å². The summed E-state index contributed by atoms with van der Waals surface area (Å²) in [4.78, 5) is 16.2. The van der Waals surface area contributed by atoms with E-state index in [0.717, 1.165) is 17.5 Å². The van der Waals surface area contributed by atoms with Crippen LogP contribution in [-0.2, 0) is 4.79 Å². The summed E-state index contributed by atoms with van der Waals surface area (Å²) in [6, 6.07) is 15.4. The first kappa shape index (κ1) is 25.8. The van der Waals surface area contributed by atoms with Crippen molar-refractivity contribution in [3.05, 3.63) is 82.4 Å². The molecule has 3 nitrogen and oxygen atoms in total. The van der Waals surface area contributed by atoms with Crippen LogP contribution in [-0.4, -0.2) is 27.6 Å². The molecule has 1 N–H and O–H groups in total. The molecular formula is C28H35Cl2NO2. The molecule has 5 heteroatoms. The number of aliphatic hydroxyl groups is 1. The fraction of sp³-hybridized carbons (Fsp3) is 0.464. The number of allylic oxidation sites excluding steroid dienone is 1. The first-order valence-corrected chi connectivity index (χ1v) is 12.4. The van der Waals surface area contributed by atoms with E-state index < -0.39 is 11.0 Å². The summed E-state index contributed by atoms with van der Waals surface area (Å²) in [5.74, 6) is 0.139. The molecule has 33 heavy (non-hydrogen) atoms. The smallest absolute Gasteiger partial charge is 0.229 e. The number of hydrogen-bond acceptors (Lipinski definition) is 2. The zero-order valence-corrected chi connectivity index (χ0v) is 21.5. The maximum absolute atomic E-state index is 14.2. The fourth-order valence-corrected chi connectivity index (χ4v) is 5.63. The highest BCUT2D eigenvalue weighted by molar-refractivity contribution is 6.30. The molecule has 1 heterocycles. The second-order valence-electron chi connectivity index (χ2n) is 10.2. The van der Waals surface area contributed by atoms with E-state index in [1.165, 1.54) is 0 Å². The molecule has 0 spiro atoms. The van der Waals surface area contributed by atoms with E-state index in [-0.39, 0.29) is 23.9 Å². The first-order valence-electron chi connectivity index (χ1n) is 11.7. The van der Waals surface area contributed by atoms with Crippen LogP contribution in [0.1, 0.15) is 76.5 Å². The highest BCUT2D eigenvalue weighted by Crippen LogP contribution is 2.52. The van der Waals surface area contributed by atoms with E-state index in [9.17, 15) is 9.90 Å². The topological polar surface area (TPSA) is 40.5 Å². The molecule has 178 valence electrons. The van der Waals surface area contributed by atoms with Crippen LogP contribution >= 0.6 is 23.2 Å². The lowest BCUT2D eigenvalue weighted by Crippen LogP contribution is -2.56. The predicted molar refractivity (Wildman–Crippen MR) is 138 cm³/mol. The first-order chi connectivity index (χ1) is 15.5. The van der Waals surface area contributed by atoms with Gasteiger partial charge in [0.05, 0.1) is 17.1 Å². The Hall–Kier alpha value is -1.81. The lowest BCUT2D eigenvalue weighted by Gasteiger charge is -2.52. The summed E-state index contributed by atoms with van der Waals surface area (Å²) in [6.07, 6.45) is 4.34. The van der Waals surface area contributed by atoms with E-state index in [2.05, 4.69) is 19.6 Å². The van der Waals surface area contributed by atoms with Crippen LogP contribution in [0.15, 0.2) is 61.2 Å². The van der Waals surface area contributed by atoms with Gasteiger partial charge in [0, 0.05) is 22.0 Å². The molecule has 2 aromatic carbocycles. The molecule has 1 aliphatic heterocycles. The SMILES string of the molecule is C=CC[C@@]1(C)CC(c2cccc(Cl)c2)C(c2ccc(Cl)cc2)N(C(CC)CC(C)(C)O)C1=O. The molecule has 3 unspecified atom stereocenters. The third-order valence-corrected chi connectivity index (χ3v) is 7.27. The van der Waals surface area contributed by atoms with Crippen molar-refractivity contribution in [3.63, 3.8) is 0 Å². The van der Waals surface area contributed by atoms with E-state index in [1.54, 1.807) is 13.8 Å². The zero-order chi connectivity index (χ0) is 24.4. The Morgan fingerprint density at radius 2 is 1.85 bits per heavy atom. The lowest BCUT2D eigenvalue weighted by molar-refractivity contribution is -0.156. The average Bonchev–Trinajstić information content (AvgIpc) is 2.74. The number of nitrogens with zero attached hydrogens (tertiary/aromatic N) is 1. The molecule has 3 rings (SSSR count). The highest BCUT2D eigenvalue weighted by atomic mass is 35.5. The number of halogens is 2. The van der Waals surface area contributed by atoms with E-state index in [4.69, 9.17) is 23.2 Å². The van der Waals surface area contributed by atoms with Crippen LogP contribution in [0.25, 0.3) is 0 Å². The fourth-order valence-electron chi connectivity index (χ4n) is 5.30. The van der Waals surface area contributed by atoms with Gasteiger partial charge in [0.15, 0.2) is 0 Å². The molecular weight excluding hydrogens is 453 g/mol. The highest BCUT2D eigenvalue weighted by Gasteiger charge is 2.51. The molecule has 0 radical (unpaired) electrons. The predicted octanol–water partition coefficient (Wildman–Crippen LogP) is 7.57. The van der Waals surface area contributed by atoms with Crippen LogP contribution in [0.3, 0.4) is 0 Å². The molecule has 1 amide bonds. The Labute approximate surface area is 208 Å². The standard InChI is InChI=1S/C28H35Cl2NO2/c1-6-15-28(5)18-24(20-9-8-10-22(30)16-20)25(19-11-13-21(29)14-12-19)31(26(28)32)23(7-2)17-27(3,4)33/h6,8-14,16,23-25,33H,1,7,15,17-18H2,2-5H3/t23?,24?,25?,28-/m0/s1. The number of carbonyl (C=O) groups excluding carboxylic acids is 1. The maximum atomic E-state index is 14.2. The van der Waals surface area contributed by atoms with Crippen molar-refractivity contribution in [2.45, 2.75) is 77.0 Å². The van der Waals surface area contributed by atoms with Crippen LogP contribution in [0.4, 0.5) is 0 Å². The van der Waals surface area contributed by atoms with Gasteiger partial charge in [-0.15, -0.1) is 6.58 Å². The summed E-state index contributed by atoms with van der Waals surface area (Å²) < 4.78 is 0. The number of carbonyl (C=O) groups is 1. The Balaban J connectivity index is 2.23. The molecule has 1 fully saturated rings. The molecule has 1 aliphatic rings.